The topological polar surface area (TPSA) is 37.9 Å². The van der Waals surface area contributed by atoms with Gasteiger partial charge in [0.15, 0.2) is 5.65 Å². The van der Waals surface area contributed by atoms with Crippen molar-refractivity contribution < 1.29 is 4.90 Å². The van der Waals surface area contributed by atoms with Gasteiger partial charge >= 0.3 is 0 Å². The summed E-state index contributed by atoms with van der Waals surface area (Å²) in [6, 6.07) is 23.5. The summed E-state index contributed by atoms with van der Waals surface area (Å²) in [7, 11) is 0. The molecule has 1 fully saturated rings. The summed E-state index contributed by atoms with van der Waals surface area (Å²) < 4.78 is 2.05. The number of aromatic nitrogens is 3. The van der Waals surface area contributed by atoms with Crippen LogP contribution in [-0.4, -0.2) is 40.8 Å². The third kappa shape index (κ3) is 4.19. The van der Waals surface area contributed by atoms with Crippen molar-refractivity contribution in [1.82, 2.24) is 14.6 Å². The second kappa shape index (κ2) is 8.90. The maximum Gasteiger partial charge on any atom is 0.165 e. The van der Waals surface area contributed by atoms with E-state index in [2.05, 4.69) is 72.5 Å². The van der Waals surface area contributed by atoms with Crippen molar-refractivity contribution in [3.05, 3.63) is 84.2 Å². The smallest absolute Gasteiger partial charge is 0.165 e. The zero-order chi connectivity index (χ0) is 21.0. The number of hydrogen-bond donors (Lipinski definition) is 1. The van der Waals surface area contributed by atoms with Crippen LogP contribution in [0.4, 0.5) is 5.82 Å². The Balaban J connectivity index is 1.42. The Hall–Kier alpha value is -3.18. The van der Waals surface area contributed by atoms with Crippen molar-refractivity contribution in [3.63, 3.8) is 0 Å². The van der Waals surface area contributed by atoms with Crippen LogP contribution in [-0.2, 0) is 13.0 Å². The van der Waals surface area contributed by atoms with Crippen molar-refractivity contribution >= 4 is 11.5 Å². The number of anilines is 1. The van der Waals surface area contributed by atoms with Crippen molar-refractivity contribution in [2.45, 2.75) is 26.3 Å². The van der Waals surface area contributed by atoms with Gasteiger partial charge in [-0.25, -0.2) is 4.98 Å². The van der Waals surface area contributed by atoms with Crippen LogP contribution in [0.2, 0.25) is 0 Å². The van der Waals surface area contributed by atoms with E-state index in [0.717, 1.165) is 62.5 Å². The van der Waals surface area contributed by atoms with Crippen LogP contribution in [0.1, 0.15) is 24.6 Å². The molecule has 158 valence electrons. The lowest BCUT2D eigenvalue weighted by atomic mass is 10.1. The molecular formula is C26H30N5+. The molecule has 2 aromatic heterocycles. The van der Waals surface area contributed by atoms with E-state index in [9.17, 15) is 0 Å². The van der Waals surface area contributed by atoms with E-state index in [1.54, 1.807) is 4.90 Å². The molecule has 4 aromatic rings. The van der Waals surface area contributed by atoms with Crippen LogP contribution < -0.4 is 9.80 Å². The summed E-state index contributed by atoms with van der Waals surface area (Å²) in [6.07, 6.45) is 4.04. The van der Waals surface area contributed by atoms with Crippen LogP contribution >= 0.6 is 0 Å². The van der Waals surface area contributed by atoms with Crippen LogP contribution in [0.3, 0.4) is 0 Å². The molecule has 5 nitrogen and oxygen atoms in total. The van der Waals surface area contributed by atoms with Gasteiger partial charge in [-0.1, -0.05) is 74.0 Å². The van der Waals surface area contributed by atoms with E-state index in [0.29, 0.717) is 0 Å². The first-order valence-electron chi connectivity index (χ1n) is 11.4. The number of rotatable bonds is 6. The van der Waals surface area contributed by atoms with Gasteiger partial charge in [-0.05, 0) is 12.0 Å². The zero-order valence-corrected chi connectivity index (χ0v) is 18.2. The number of nitrogens with zero attached hydrogens (tertiary/aromatic N) is 4. The Morgan fingerprint density at radius 2 is 1.65 bits per heavy atom. The third-order valence-electron chi connectivity index (χ3n) is 6.19. The highest BCUT2D eigenvalue weighted by atomic mass is 15.4. The number of benzene rings is 2. The predicted molar refractivity (Wildman–Crippen MR) is 125 cm³/mol. The lowest BCUT2D eigenvalue weighted by molar-refractivity contribution is -0.914. The highest BCUT2D eigenvalue weighted by molar-refractivity contribution is 5.78. The second-order valence-corrected chi connectivity index (χ2v) is 8.41. The average Bonchev–Trinajstić information content (AvgIpc) is 3.25. The van der Waals surface area contributed by atoms with Crippen LogP contribution in [0, 0.1) is 0 Å². The second-order valence-electron chi connectivity index (χ2n) is 8.41. The molecule has 5 heteroatoms. The first-order chi connectivity index (χ1) is 15.3. The molecule has 0 bridgehead atoms. The summed E-state index contributed by atoms with van der Waals surface area (Å²) in [5, 5.41) is 4.76. The molecule has 1 N–H and O–H groups in total. The van der Waals surface area contributed by atoms with Crippen LogP contribution in [0.5, 0.6) is 0 Å². The average molecular weight is 413 g/mol. The quantitative estimate of drug-likeness (QED) is 0.528. The van der Waals surface area contributed by atoms with Gasteiger partial charge in [0.25, 0.3) is 0 Å². The molecule has 0 radical (unpaired) electrons. The lowest BCUT2D eigenvalue weighted by Gasteiger charge is -2.33. The summed E-state index contributed by atoms with van der Waals surface area (Å²) in [5.41, 5.74) is 5.81. The predicted octanol–water partition coefficient (Wildman–Crippen LogP) is 3.25. The molecule has 0 saturated carbocycles. The number of hydrogen-bond acceptors (Lipinski definition) is 3. The first-order valence-corrected chi connectivity index (χ1v) is 11.4. The minimum Gasteiger partial charge on any atom is -0.345 e. The third-order valence-corrected chi connectivity index (χ3v) is 6.19. The lowest BCUT2D eigenvalue weighted by Crippen LogP contribution is -3.13. The van der Waals surface area contributed by atoms with Gasteiger partial charge in [0, 0.05) is 22.9 Å². The van der Waals surface area contributed by atoms with Gasteiger partial charge in [-0.15, -0.1) is 0 Å². The Bertz CT molecular complexity index is 1130. The molecule has 3 heterocycles. The Kier molecular flexibility index (Phi) is 5.67. The molecule has 2 aromatic carbocycles. The largest absolute Gasteiger partial charge is 0.345 e. The number of fused-ring (bicyclic) bond motifs is 1. The van der Waals surface area contributed by atoms with Gasteiger partial charge in [-0.3, -0.25) is 0 Å². The highest BCUT2D eigenvalue weighted by Gasteiger charge is 2.24. The van der Waals surface area contributed by atoms with Crippen molar-refractivity contribution in [1.29, 1.82) is 0 Å². The molecule has 1 aliphatic heterocycles. The molecule has 0 spiro atoms. The number of piperazine rings is 1. The van der Waals surface area contributed by atoms with E-state index in [1.807, 2.05) is 16.8 Å². The normalized spacial score (nSPS) is 14.9. The zero-order valence-electron chi connectivity index (χ0n) is 18.2. The van der Waals surface area contributed by atoms with Gasteiger partial charge in [-0.2, -0.15) is 9.61 Å². The highest BCUT2D eigenvalue weighted by Crippen LogP contribution is 2.27. The fourth-order valence-electron chi connectivity index (χ4n) is 4.54. The minimum absolute atomic E-state index is 0.964. The first kappa shape index (κ1) is 19.8. The SMILES string of the molecule is CCCc1cc(N2CC[NH+](Cc3ccccc3)CC2)n2ncc(-c3ccccc3)c2n1. The number of aryl methyl sites for hydroxylation is 1. The standard InChI is InChI=1S/C26H29N5/c1-2-9-23-18-25(30-16-14-29(15-17-30)20-21-10-5-3-6-11-21)31-26(28-23)24(19-27-31)22-12-7-4-8-13-22/h3-8,10-13,18-19H,2,9,14-17,20H2,1H3/p+1. The maximum absolute atomic E-state index is 5.00. The fourth-order valence-corrected chi connectivity index (χ4v) is 4.54. The molecule has 0 amide bonds. The summed E-state index contributed by atoms with van der Waals surface area (Å²) in [4.78, 5) is 9.13. The molecule has 0 unspecified atom stereocenters. The van der Waals surface area contributed by atoms with Gasteiger partial charge in [0.1, 0.15) is 12.4 Å². The van der Waals surface area contributed by atoms with E-state index in [4.69, 9.17) is 10.1 Å². The number of nitrogens with one attached hydrogen (secondary N) is 1. The van der Waals surface area contributed by atoms with E-state index in [-0.39, 0.29) is 0 Å². The Labute approximate surface area is 184 Å². The minimum atomic E-state index is 0.964. The summed E-state index contributed by atoms with van der Waals surface area (Å²) >= 11 is 0. The molecular weight excluding hydrogens is 382 g/mol. The number of quaternary nitrogens is 1. The van der Waals surface area contributed by atoms with Crippen LogP contribution in [0.25, 0.3) is 16.8 Å². The summed E-state index contributed by atoms with van der Waals surface area (Å²) in [5.74, 6) is 1.18. The van der Waals surface area contributed by atoms with Gasteiger partial charge < -0.3 is 9.80 Å². The molecule has 5 rings (SSSR count). The monoisotopic (exact) mass is 412 g/mol. The Morgan fingerprint density at radius 1 is 0.935 bits per heavy atom. The molecule has 1 saturated heterocycles. The van der Waals surface area contributed by atoms with E-state index >= 15 is 0 Å². The molecule has 31 heavy (non-hydrogen) atoms. The fraction of sp³-hybridized carbons (Fsp3) is 0.308. The van der Waals surface area contributed by atoms with Crippen molar-refractivity contribution in [2.75, 3.05) is 31.1 Å². The Morgan fingerprint density at radius 3 is 2.35 bits per heavy atom. The van der Waals surface area contributed by atoms with Crippen molar-refractivity contribution in [2.24, 2.45) is 0 Å². The van der Waals surface area contributed by atoms with E-state index < -0.39 is 0 Å². The summed E-state index contributed by atoms with van der Waals surface area (Å²) in [6.45, 7) is 7.65. The molecule has 0 aliphatic carbocycles. The van der Waals surface area contributed by atoms with E-state index in [1.165, 1.54) is 16.9 Å². The molecule has 1 aliphatic rings. The maximum atomic E-state index is 5.00. The van der Waals surface area contributed by atoms with Crippen molar-refractivity contribution in [3.8, 4) is 11.1 Å². The molecule has 0 atom stereocenters. The van der Waals surface area contributed by atoms with Gasteiger partial charge in [0.05, 0.1) is 32.4 Å². The van der Waals surface area contributed by atoms with Gasteiger partial charge in [0.2, 0.25) is 0 Å². The van der Waals surface area contributed by atoms with Crippen LogP contribution in [0.15, 0.2) is 72.9 Å².